The average Bonchev–Trinajstić information content (AvgIpc) is 2.61. The summed E-state index contributed by atoms with van der Waals surface area (Å²) in [6, 6.07) is 7.87. The SMILES string of the molecule is O=C(Cc1ccc(Cl)cc1)NC1CCC(Oc2ncc(Cl)cn2)CC1. The maximum Gasteiger partial charge on any atom is 0.316 e. The van der Waals surface area contributed by atoms with Crippen LogP contribution >= 0.6 is 23.2 Å². The molecule has 2 aromatic rings. The molecule has 0 spiro atoms. The van der Waals surface area contributed by atoms with Crippen LogP contribution in [0.5, 0.6) is 6.01 Å². The van der Waals surface area contributed by atoms with Gasteiger partial charge in [-0.15, -0.1) is 0 Å². The summed E-state index contributed by atoms with van der Waals surface area (Å²) in [5.74, 6) is 0.0349. The van der Waals surface area contributed by atoms with Crippen LogP contribution in [0.4, 0.5) is 0 Å². The van der Waals surface area contributed by atoms with E-state index >= 15 is 0 Å². The van der Waals surface area contributed by atoms with E-state index in [9.17, 15) is 4.79 Å². The molecule has 3 rings (SSSR count). The lowest BCUT2D eigenvalue weighted by molar-refractivity contribution is -0.121. The molecule has 0 radical (unpaired) electrons. The number of hydrogen-bond acceptors (Lipinski definition) is 4. The number of halogens is 2. The quantitative estimate of drug-likeness (QED) is 0.856. The second kappa shape index (κ2) is 8.50. The van der Waals surface area contributed by atoms with Gasteiger partial charge in [-0.3, -0.25) is 4.79 Å². The molecule has 0 saturated heterocycles. The molecule has 1 fully saturated rings. The molecule has 5 nitrogen and oxygen atoms in total. The van der Waals surface area contributed by atoms with Gasteiger partial charge in [0.05, 0.1) is 23.8 Å². The van der Waals surface area contributed by atoms with E-state index < -0.39 is 0 Å². The Morgan fingerprint density at radius 2 is 1.68 bits per heavy atom. The molecule has 25 heavy (non-hydrogen) atoms. The van der Waals surface area contributed by atoms with Crippen molar-refractivity contribution in [3.63, 3.8) is 0 Å². The van der Waals surface area contributed by atoms with Crippen molar-refractivity contribution in [1.29, 1.82) is 0 Å². The summed E-state index contributed by atoms with van der Waals surface area (Å²) in [7, 11) is 0. The van der Waals surface area contributed by atoms with Crippen molar-refractivity contribution in [2.75, 3.05) is 0 Å². The first-order chi connectivity index (χ1) is 12.1. The van der Waals surface area contributed by atoms with Gasteiger partial charge in [0.1, 0.15) is 6.10 Å². The highest BCUT2D eigenvalue weighted by atomic mass is 35.5. The average molecular weight is 380 g/mol. The van der Waals surface area contributed by atoms with Crippen molar-refractivity contribution in [3.8, 4) is 6.01 Å². The van der Waals surface area contributed by atoms with Crippen LogP contribution in [-0.4, -0.2) is 28.0 Å². The summed E-state index contributed by atoms with van der Waals surface area (Å²) in [4.78, 5) is 20.3. The number of nitrogens with zero attached hydrogens (tertiary/aromatic N) is 2. The Kier molecular flexibility index (Phi) is 6.10. The molecule has 0 unspecified atom stereocenters. The molecule has 1 heterocycles. The van der Waals surface area contributed by atoms with Gasteiger partial charge < -0.3 is 10.1 Å². The fraction of sp³-hybridized carbons (Fsp3) is 0.389. The molecule has 1 aromatic carbocycles. The van der Waals surface area contributed by atoms with Crippen LogP contribution in [0.15, 0.2) is 36.7 Å². The van der Waals surface area contributed by atoms with Crippen LogP contribution in [0, 0.1) is 0 Å². The summed E-state index contributed by atoms with van der Waals surface area (Å²) in [6.07, 6.45) is 6.96. The topological polar surface area (TPSA) is 64.1 Å². The van der Waals surface area contributed by atoms with E-state index in [2.05, 4.69) is 15.3 Å². The Morgan fingerprint density at radius 1 is 1.04 bits per heavy atom. The van der Waals surface area contributed by atoms with Gasteiger partial charge in [-0.05, 0) is 43.4 Å². The third kappa shape index (κ3) is 5.58. The smallest absolute Gasteiger partial charge is 0.316 e. The molecular weight excluding hydrogens is 361 g/mol. The summed E-state index contributed by atoms with van der Waals surface area (Å²) in [5, 5.41) is 4.26. The standard InChI is InChI=1S/C18H19Cl2N3O2/c19-13-3-1-12(2-4-13)9-17(24)23-15-5-7-16(8-6-15)25-18-21-10-14(20)11-22-18/h1-4,10-11,15-16H,5-9H2,(H,23,24). The fourth-order valence-corrected chi connectivity index (χ4v) is 3.13. The Balaban J connectivity index is 1.42. The first-order valence-corrected chi connectivity index (χ1v) is 9.02. The summed E-state index contributed by atoms with van der Waals surface area (Å²) in [5.41, 5.74) is 0.957. The summed E-state index contributed by atoms with van der Waals surface area (Å²) >= 11 is 11.6. The Morgan fingerprint density at radius 3 is 2.32 bits per heavy atom. The predicted molar refractivity (Wildman–Crippen MR) is 97.0 cm³/mol. The molecule has 7 heteroatoms. The van der Waals surface area contributed by atoms with E-state index in [1.54, 1.807) is 12.1 Å². The number of carbonyl (C=O) groups excluding carboxylic acids is 1. The molecule has 132 valence electrons. The second-order valence-corrected chi connectivity index (χ2v) is 7.02. The number of benzene rings is 1. The molecule has 1 N–H and O–H groups in total. The molecule has 0 bridgehead atoms. The van der Waals surface area contributed by atoms with Gasteiger partial charge in [0, 0.05) is 11.1 Å². The molecule has 1 aliphatic rings. The van der Waals surface area contributed by atoms with Gasteiger partial charge >= 0.3 is 6.01 Å². The number of carbonyl (C=O) groups is 1. The zero-order valence-electron chi connectivity index (χ0n) is 13.6. The van der Waals surface area contributed by atoms with Crippen LogP contribution in [0.25, 0.3) is 0 Å². The molecule has 1 aliphatic carbocycles. The number of amides is 1. The predicted octanol–water partition coefficient (Wildman–Crippen LogP) is 3.83. The zero-order valence-corrected chi connectivity index (χ0v) is 15.1. The van der Waals surface area contributed by atoms with Crippen molar-refractivity contribution in [2.24, 2.45) is 0 Å². The largest absolute Gasteiger partial charge is 0.460 e. The van der Waals surface area contributed by atoms with Gasteiger partial charge in [-0.1, -0.05) is 35.3 Å². The lowest BCUT2D eigenvalue weighted by atomic mass is 9.93. The maximum atomic E-state index is 12.2. The van der Waals surface area contributed by atoms with E-state index in [1.807, 2.05) is 12.1 Å². The van der Waals surface area contributed by atoms with E-state index in [4.69, 9.17) is 27.9 Å². The zero-order chi connectivity index (χ0) is 17.6. The van der Waals surface area contributed by atoms with Crippen LogP contribution in [0.2, 0.25) is 10.0 Å². The van der Waals surface area contributed by atoms with Crippen molar-refractivity contribution in [1.82, 2.24) is 15.3 Å². The van der Waals surface area contributed by atoms with Crippen molar-refractivity contribution < 1.29 is 9.53 Å². The minimum absolute atomic E-state index is 0.0349. The maximum absolute atomic E-state index is 12.2. The van der Waals surface area contributed by atoms with E-state index in [0.717, 1.165) is 31.2 Å². The third-order valence-electron chi connectivity index (χ3n) is 4.19. The van der Waals surface area contributed by atoms with E-state index in [-0.39, 0.29) is 18.1 Å². The van der Waals surface area contributed by atoms with Gasteiger partial charge in [0.2, 0.25) is 5.91 Å². The molecule has 1 amide bonds. The molecule has 0 aliphatic heterocycles. The van der Waals surface area contributed by atoms with E-state index in [0.29, 0.717) is 22.5 Å². The highest BCUT2D eigenvalue weighted by molar-refractivity contribution is 6.30. The van der Waals surface area contributed by atoms with E-state index in [1.165, 1.54) is 12.4 Å². The van der Waals surface area contributed by atoms with Gasteiger partial charge in [0.15, 0.2) is 0 Å². The lowest BCUT2D eigenvalue weighted by Gasteiger charge is -2.28. The summed E-state index contributed by atoms with van der Waals surface area (Å²) in [6.45, 7) is 0. The third-order valence-corrected chi connectivity index (χ3v) is 4.63. The normalized spacial score (nSPS) is 20.1. The molecule has 1 saturated carbocycles. The fourth-order valence-electron chi connectivity index (χ4n) is 2.90. The van der Waals surface area contributed by atoms with Gasteiger partial charge in [-0.25, -0.2) is 9.97 Å². The summed E-state index contributed by atoms with van der Waals surface area (Å²) < 4.78 is 5.76. The number of aromatic nitrogens is 2. The van der Waals surface area contributed by atoms with Gasteiger partial charge in [-0.2, -0.15) is 0 Å². The minimum Gasteiger partial charge on any atom is -0.460 e. The Bertz CT molecular complexity index is 699. The second-order valence-electron chi connectivity index (χ2n) is 6.15. The van der Waals surface area contributed by atoms with Crippen LogP contribution < -0.4 is 10.1 Å². The molecule has 1 aromatic heterocycles. The van der Waals surface area contributed by atoms with Crippen LogP contribution in [0.3, 0.4) is 0 Å². The monoisotopic (exact) mass is 379 g/mol. The number of nitrogens with one attached hydrogen (secondary N) is 1. The number of rotatable bonds is 5. The first kappa shape index (κ1) is 18.0. The van der Waals surface area contributed by atoms with Gasteiger partial charge in [0.25, 0.3) is 0 Å². The number of hydrogen-bond donors (Lipinski definition) is 1. The molecular formula is C18H19Cl2N3O2. The van der Waals surface area contributed by atoms with Crippen molar-refractivity contribution >= 4 is 29.1 Å². The highest BCUT2D eigenvalue weighted by Gasteiger charge is 2.24. The minimum atomic E-state index is 0.0349. The number of ether oxygens (including phenoxy) is 1. The molecule has 0 atom stereocenters. The van der Waals surface area contributed by atoms with Crippen LogP contribution in [0.1, 0.15) is 31.2 Å². The first-order valence-electron chi connectivity index (χ1n) is 8.26. The van der Waals surface area contributed by atoms with Crippen molar-refractivity contribution in [2.45, 2.75) is 44.2 Å². The lowest BCUT2D eigenvalue weighted by Crippen LogP contribution is -2.40. The van der Waals surface area contributed by atoms with Crippen LogP contribution in [-0.2, 0) is 11.2 Å². The Labute approximate surface area is 156 Å². The van der Waals surface area contributed by atoms with Crippen molar-refractivity contribution in [3.05, 3.63) is 52.3 Å². The highest BCUT2D eigenvalue weighted by Crippen LogP contribution is 2.22. The Hall–Kier alpha value is -1.85.